The van der Waals surface area contributed by atoms with Crippen LogP contribution in [-0.4, -0.2) is 25.5 Å². The fourth-order valence-electron chi connectivity index (χ4n) is 1.54. The maximum absolute atomic E-state index is 14.2. The van der Waals surface area contributed by atoms with Crippen LogP contribution >= 0.6 is 34.8 Å². The Kier molecular flexibility index (Phi) is 8.52. The van der Waals surface area contributed by atoms with E-state index in [4.69, 9.17) is 49.1 Å². The number of aryl methyl sites for hydroxylation is 1. The van der Waals surface area contributed by atoms with Crippen molar-refractivity contribution >= 4 is 40.5 Å². The van der Waals surface area contributed by atoms with Gasteiger partial charge in [-0.2, -0.15) is 0 Å². The fraction of sp³-hybridized carbons (Fsp3) is 0.400. The average Bonchev–Trinajstić information content (AvgIpc) is 2.46. The first-order valence-corrected chi connectivity index (χ1v) is 7.84. The molecule has 0 saturated heterocycles. The van der Waals surface area contributed by atoms with E-state index in [2.05, 4.69) is 5.16 Å². The second-order valence-corrected chi connectivity index (χ2v) is 6.06. The molecule has 0 radical (unpaired) electrons. The summed E-state index contributed by atoms with van der Waals surface area (Å²) in [5.74, 6) is -0.480. The Hall–Kier alpha value is -1.17. The molecule has 8 heteroatoms. The number of benzene rings is 1. The summed E-state index contributed by atoms with van der Waals surface area (Å²) in [6.07, 6.45) is 1.39. The lowest BCUT2D eigenvalue weighted by molar-refractivity contribution is 0.106. The zero-order valence-electron chi connectivity index (χ0n) is 13.0. The summed E-state index contributed by atoms with van der Waals surface area (Å²) in [5.41, 5.74) is 1.42. The topological polar surface area (TPSA) is 40.0 Å². The van der Waals surface area contributed by atoms with E-state index in [-0.39, 0.29) is 40.8 Å². The monoisotopic (exact) mass is 383 g/mol. The van der Waals surface area contributed by atoms with Crippen LogP contribution in [0.5, 0.6) is 11.5 Å². The molecule has 0 unspecified atom stereocenters. The molecule has 23 heavy (non-hydrogen) atoms. The highest BCUT2D eigenvalue weighted by molar-refractivity contribution is 6.55. The minimum Gasteiger partial charge on any atom is -0.488 e. The molecule has 0 atom stereocenters. The van der Waals surface area contributed by atoms with E-state index >= 15 is 0 Å². The van der Waals surface area contributed by atoms with E-state index in [1.807, 2.05) is 13.8 Å². The number of oxime groups is 1. The normalized spacial score (nSPS) is 10.0. The first-order valence-electron chi connectivity index (χ1n) is 6.71. The van der Waals surface area contributed by atoms with Gasteiger partial charge in [-0.15, -0.1) is 0 Å². The lowest BCUT2D eigenvalue weighted by atomic mass is 10.2. The van der Waals surface area contributed by atoms with Crippen LogP contribution in [0, 0.1) is 12.7 Å². The van der Waals surface area contributed by atoms with Gasteiger partial charge in [0.25, 0.3) is 0 Å². The van der Waals surface area contributed by atoms with E-state index < -0.39 is 5.82 Å². The minimum atomic E-state index is -0.713. The third-order valence-electron chi connectivity index (χ3n) is 2.46. The molecule has 1 aromatic rings. The van der Waals surface area contributed by atoms with Gasteiger partial charge in [0.2, 0.25) is 0 Å². The zero-order valence-corrected chi connectivity index (χ0v) is 15.2. The maximum atomic E-state index is 14.2. The van der Waals surface area contributed by atoms with Crippen molar-refractivity contribution in [1.29, 1.82) is 0 Å². The molecule has 4 nitrogen and oxygen atoms in total. The lowest BCUT2D eigenvalue weighted by Gasteiger charge is -2.14. The zero-order chi connectivity index (χ0) is 17.4. The Morgan fingerprint density at radius 3 is 2.57 bits per heavy atom. The highest BCUT2D eigenvalue weighted by Gasteiger charge is 2.17. The van der Waals surface area contributed by atoms with E-state index in [0.29, 0.717) is 5.56 Å². The molecule has 0 fully saturated rings. The van der Waals surface area contributed by atoms with Gasteiger partial charge in [-0.25, -0.2) is 4.39 Å². The van der Waals surface area contributed by atoms with Crippen LogP contribution in [0.2, 0.25) is 5.02 Å². The van der Waals surface area contributed by atoms with Crippen molar-refractivity contribution in [3.05, 3.63) is 33.0 Å². The van der Waals surface area contributed by atoms with Gasteiger partial charge >= 0.3 is 0 Å². The van der Waals surface area contributed by atoms with E-state index in [0.717, 1.165) is 5.71 Å². The molecule has 0 saturated carbocycles. The Bertz CT molecular complexity index is 598. The molecule has 0 aliphatic carbocycles. The van der Waals surface area contributed by atoms with Crippen molar-refractivity contribution < 1.29 is 18.7 Å². The van der Waals surface area contributed by atoms with Crippen molar-refractivity contribution in [2.75, 3.05) is 19.8 Å². The molecule has 0 N–H and O–H groups in total. The number of hydrogen-bond acceptors (Lipinski definition) is 4. The first-order chi connectivity index (χ1) is 10.8. The van der Waals surface area contributed by atoms with E-state index in [1.165, 1.54) is 12.1 Å². The summed E-state index contributed by atoms with van der Waals surface area (Å²) >= 11 is 16.9. The SMILES string of the molecule is CC(C)=NOCCOc1c(C)cc(OCC=C(Cl)Cl)c(F)c1Cl. The molecular weight excluding hydrogens is 368 g/mol. The molecule has 0 aliphatic rings. The largest absolute Gasteiger partial charge is 0.488 e. The molecule has 0 amide bonds. The van der Waals surface area contributed by atoms with Gasteiger partial charge < -0.3 is 14.3 Å². The first kappa shape index (κ1) is 19.9. The van der Waals surface area contributed by atoms with Crippen molar-refractivity contribution in [2.45, 2.75) is 20.8 Å². The molecule has 0 bridgehead atoms. The summed E-state index contributed by atoms with van der Waals surface area (Å²) in [5, 5.41) is 3.61. The molecular formula is C15H17Cl3FNO3. The van der Waals surface area contributed by atoms with Gasteiger partial charge in [0.1, 0.15) is 28.5 Å². The number of rotatable bonds is 8. The third-order valence-corrected chi connectivity index (χ3v) is 3.10. The standard InChI is InChI=1S/C15H17Cl3FNO3/c1-9(2)20-23-7-6-22-15-10(3)8-11(14(19)13(15)18)21-5-4-12(16)17/h4,8H,5-7H2,1-3H3. The van der Waals surface area contributed by atoms with Gasteiger partial charge in [-0.1, -0.05) is 40.0 Å². The summed E-state index contributed by atoms with van der Waals surface area (Å²) < 4.78 is 24.9. The Morgan fingerprint density at radius 2 is 1.96 bits per heavy atom. The average molecular weight is 385 g/mol. The van der Waals surface area contributed by atoms with Crippen LogP contribution in [0.1, 0.15) is 19.4 Å². The number of hydrogen-bond donors (Lipinski definition) is 0. The van der Waals surface area contributed by atoms with Crippen molar-refractivity contribution in [2.24, 2.45) is 5.16 Å². The van der Waals surface area contributed by atoms with Gasteiger partial charge in [0.15, 0.2) is 18.2 Å². The Balaban J connectivity index is 2.73. The van der Waals surface area contributed by atoms with Crippen LogP contribution < -0.4 is 9.47 Å². The lowest BCUT2D eigenvalue weighted by Crippen LogP contribution is -2.07. The predicted molar refractivity (Wildman–Crippen MR) is 91.7 cm³/mol. The van der Waals surface area contributed by atoms with Crippen LogP contribution in [0.15, 0.2) is 21.8 Å². The molecule has 0 spiro atoms. The second kappa shape index (κ2) is 9.85. The quantitative estimate of drug-likeness (QED) is 0.348. The van der Waals surface area contributed by atoms with Crippen molar-refractivity contribution in [3.8, 4) is 11.5 Å². The predicted octanol–water partition coefficient (Wildman–Crippen LogP) is 5.28. The minimum absolute atomic E-state index is 0.00635. The van der Waals surface area contributed by atoms with Crippen molar-refractivity contribution in [3.63, 3.8) is 0 Å². The van der Waals surface area contributed by atoms with Crippen LogP contribution in [0.25, 0.3) is 0 Å². The van der Waals surface area contributed by atoms with Gasteiger partial charge in [0.05, 0.1) is 5.71 Å². The second-order valence-electron chi connectivity index (χ2n) is 4.67. The molecule has 128 valence electrons. The number of nitrogens with zero attached hydrogens (tertiary/aromatic N) is 1. The number of ether oxygens (including phenoxy) is 2. The summed E-state index contributed by atoms with van der Waals surface area (Å²) in [6, 6.07) is 1.49. The molecule has 0 aliphatic heterocycles. The third kappa shape index (κ3) is 6.85. The summed E-state index contributed by atoms with van der Waals surface area (Å²) in [6.45, 7) is 5.77. The molecule has 0 aromatic heterocycles. The molecule has 0 heterocycles. The maximum Gasteiger partial charge on any atom is 0.187 e. The Morgan fingerprint density at radius 1 is 1.26 bits per heavy atom. The van der Waals surface area contributed by atoms with Crippen LogP contribution in [-0.2, 0) is 4.84 Å². The van der Waals surface area contributed by atoms with Gasteiger partial charge in [-0.3, -0.25) is 0 Å². The Labute approximate surface area is 149 Å². The highest BCUT2D eigenvalue weighted by Crippen LogP contribution is 2.36. The van der Waals surface area contributed by atoms with Crippen LogP contribution in [0.4, 0.5) is 4.39 Å². The summed E-state index contributed by atoms with van der Waals surface area (Å²) in [7, 11) is 0. The highest BCUT2D eigenvalue weighted by atomic mass is 35.5. The van der Waals surface area contributed by atoms with Gasteiger partial charge in [0, 0.05) is 0 Å². The van der Waals surface area contributed by atoms with E-state index in [1.54, 1.807) is 6.92 Å². The van der Waals surface area contributed by atoms with Gasteiger partial charge in [-0.05, 0) is 38.5 Å². The molecule has 1 aromatic carbocycles. The fourth-order valence-corrected chi connectivity index (χ4v) is 1.96. The van der Waals surface area contributed by atoms with Crippen LogP contribution in [0.3, 0.4) is 0 Å². The summed E-state index contributed by atoms with van der Waals surface area (Å²) in [4.78, 5) is 5.00. The van der Waals surface area contributed by atoms with Crippen molar-refractivity contribution in [1.82, 2.24) is 0 Å². The van der Waals surface area contributed by atoms with E-state index in [9.17, 15) is 4.39 Å². The smallest absolute Gasteiger partial charge is 0.187 e. The molecule has 1 rings (SSSR count). The number of halogens is 4.